The summed E-state index contributed by atoms with van der Waals surface area (Å²) in [4.78, 5) is 25.5. The van der Waals surface area contributed by atoms with Gasteiger partial charge in [-0.3, -0.25) is 9.59 Å². The van der Waals surface area contributed by atoms with E-state index in [1.54, 1.807) is 12.1 Å². The maximum atomic E-state index is 13.6. The molecule has 0 aliphatic heterocycles. The second-order valence-corrected chi connectivity index (χ2v) is 6.23. The van der Waals surface area contributed by atoms with Gasteiger partial charge in [-0.05, 0) is 45.9 Å². The molecule has 0 aliphatic carbocycles. The number of carbonyl (C=O) groups excluding carboxylic acids is 2. The molecule has 0 saturated heterocycles. The molecule has 0 aliphatic rings. The Labute approximate surface area is 132 Å². The molecule has 0 heterocycles. The van der Waals surface area contributed by atoms with Crippen molar-refractivity contribution in [2.45, 2.75) is 46.3 Å². The van der Waals surface area contributed by atoms with Gasteiger partial charge in [0.15, 0.2) is 0 Å². The predicted molar refractivity (Wildman–Crippen MR) is 83.1 cm³/mol. The monoisotopic (exact) mass is 358 g/mol. The van der Waals surface area contributed by atoms with Gasteiger partial charge in [0.1, 0.15) is 5.82 Å². The summed E-state index contributed by atoms with van der Waals surface area (Å²) >= 11 is 3.24. The van der Waals surface area contributed by atoms with E-state index >= 15 is 0 Å². The first-order chi connectivity index (χ1) is 9.73. The van der Waals surface area contributed by atoms with E-state index in [2.05, 4.69) is 21.2 Å². The van der Waals surface area contributed by atoms with Crippen LogP contribution in [0, 0.1) is 5.82 Å². The first-order valence-electron chi connectivity index (χ1n) is 6.78. The summed E-state index contributed by atoms with van der Waals surface area (Å²) in [6.45, 7) is 7.36. The lowest BCUT2D eigenvalue weighted by Crippen LogP contribution is -2.49. The summed E-state index contributed by atoms with van der Waals surface area (Å²) in [7, 11) is 0. The number of hydrogen-bond acceptors (Lipinski definition) is 2. The summed E-state index contributed by atoms with van der Waals surface area (Å²) < 4.78 is 14.3. The molecule has 1 aromatic carbocycles. The van der Waals surface area contributed by atoms with Gasteiger partial charge in [0.05, 0.1) is 0 Å². The summed E-state index contributed by atoms with van der Waals surface area (Å²) in [5.74, 6) is -1.75. The first-order valence-corrected chi connectivity index (χ1v) is 7.57. The number of carbonyl (C=O) groups is 2. The van der Waals surface area contributed by atoms with Crippen LogP contribution >= 0.6 is 15.9 Å². The number of amides is 2. The molecular formula is C15H20BrFN2O2. The SMILES string of the molecule is CC(C)N(C(=O)C(=O)NCc1cc(Br)ccc1F)C(C)C. The van der Waals surface area contributed by atoms with Gasteiger partial charge in [-0.1, -0.05) is 15.9 Å². The number of nitrogens with one attached hydrogen (secondary N) is 1. The fourth-order valence-corrected chi connectivity index (χ4v) is 2.52. The maximum Gasteiger partial charge on any atom is 0.312 e. The van der Waals surface area contributed by atoms with E-state index in [0.717, 1.165) is 0 Å². The molecule has 21 heavy (non-hydrogen) atoms. The van der Waals surface area contributed by atoms with Crippen LogP contribution in [0.15, 0.2) is 22.7 Å². The van der Waals surface area contributed by atoms with Gasteiger partial charge in [0, 0.05) is 28.7 Å². The molecule has 1 aromatic rings. The van der Waals surface area contributed by atoms with Crippen LogP contribution in [0.3, 0.4) is 0 Å². The highest BCUT2D eigenvalue weighted by Crippen LogP contribution is 2.15. The molecule has 1 rings (SSSR count). The Hall–Kier alpha value is -1.43. The predicted octanol–water partition coefficient (Wildman–Crippen LogP) is 2.85. The quantitative estimate of drug-likeness (QED) is 0.841. The Morgan fingerprint density at radius 1 is 1.24 bits per heavy atom. The standard InChI is InChI=1S/C15H20BrFN2O2/c1-9(2)19(10(3)4)15(21)14(20)18-8-11-7-12(16)5-6-13(11)17/h5-7,9-10H,8H2,1-4H3,(H,18,20). The normalized spacial score (nSPS) is 10.9. The summed E-state index contributed by atoms with van der Waals surface area (Å²) in [6, 6.07) is 4.30. The van der Waals surface area contributed by atoms with E-state index in [4.69, 9.17) is 0 Å². The Bertz CT molecular complexity index is 524. The Morgan fingerprint density at radius 3 is 2.33 bits per heavy atom. The molecule has 4 nitrogen and oxygen atoms in total. The molecule has 0 saturated carbocycles. The van der Waals surface area contributed by atoms with Gasteiger partial charge in [-0.15, -0.1) is 0 Å². The Morgan fingerprint density at radius 2 is 1.81 bits per heavy atom. The van der Waals surface area contributed by atoms with E-state index in [9.17, 15) is 14.0 Å². The largest absolute Gasteiger partial charge is 0.344 e. The van der Waals surface area contributed by atoms with Crippen molar-refractivity contribution in [2.75, 3.05) is 0 Å². The van der Waals surface area contributed by atoms with E-state index in [0.29, 0.717) is 10.0 Å². The van der Waals surface area contributed by atoms with Gasteiger partial charge < -0.3 is 10.2 Å². The second kappa shape index (κ2) is 7.54. The highest BCUT2D eigenvalue weighted by atomic mass is 79.9. The summed E-state index contributed by atoms with van der Waals surface area (Å²) in [6.07, 6.45) is 0. The van der Waals surface area contributed by atoms with Crippen LogP contribution in [0.5, 0.6) is 0 Å². The van der Waals surface area contributed by atoms with Crippen molar-refractivity contribution < 1.29 is 14.0 Å². The van der Waals surface area contributed by atoms with Crippen LogP contribution in [0.2, 0.25) is 0 Å². The van der Waals surface area contributed by atoms with E-state index in [1.165, 1.54) is 11.0 Å². The first kappa shape index (κ1) is 17.6. The lowest BCUT2D eigenvalue weighted by Gasteiger charge is -2.30. The van der Waals surface area contributed by atoms with Crippen molar-refractivity contribution in [3.05, 3.63) is 34.1 Å². The number of hydrogen-bond donors (Lipinski definition) is 1. The van der Waals surface area contributed by atoms with Gasteiger partial charge in [-0.25, -0.2) is 4.39 Å². The zero-order chi connectivity index (χ0) is 16.2. The van der Waals surface area contributed by atoms with Crippen LogP contribution in [-0.2, 0) is 16.1 Å². The number of halogens is 2. The summed E-state index contributed by atoms with van der Waals surface area (Å²) in [5.41, 5.74) is 0.325. The van der Waals surface area contributed by atoms with Gasteiger partial charge in [0.25, 0.3) is 0 Å². The van der Waals surface area contributed by atoms with Crippen LogP contribution in [0.4, 0.5) is 4.39 Å². The maximum absolute atomic E-state index is 13.6. The minimum Gasteiger partial charge on any atom is -0.344 e. The van der Waals surface area contributed by atoms with Crippen LogP contribution in [0.25, 0.3) is 0 Å². The fraction of sp³-hybridized carbons (Fsp3) is 0.467. The molecule has 6 heteroatoms. The molecule has 1 N–H and O–H groups in total. The third-order valence-electron chi connectivity index (χ3n) is 2.99. The number of benzene rings is 1. The number of nitrogens with zero attached hydrogens (tertiary/aromatic N) is 1. The van der Waals surface area contributed by atoms with Crippen molar-refractivity contribution in [1.29, 1.82) is 0 Å². The second-order valence-electron chi connectivity index (χ2n) is 5.32. The lowest BCUT2D eigenvalue weighted by atomic mass is 10.2. The molecule has 0 aromatic heterocycles. The van der Waals surface area contributed by atoms with Crippen molar-refractivity contribution in [3.63, 3.8) is 0 Å². The minimum atomic E-state index is -0.725. The van der Waals surface area contributed by atoms with E-state index in [-0.39, 0.29) is 18.6 Å². The molecule has 0 atom stereocenters. The molecule has 116 valence electrons. The Kier molecular flexibility index (Phi) is 6.33. The fourth-order valence-electron chi connectivity index (χ4n) is 2.11. The molecule has 0 fully saturated rings. The van der Waals surface area contributed by atoms with Crippen molar-refractivity contribution in [3.8, 4) is 0 Å². The van der Waals surface area contributed by atoms with Crippen molar-refractivity contribution in [1.82, 2.24) is 10.2 Å². The zero-order valence-electron chi connectivity index (χ0n) is 12.6. The van der Waals surface area contributed by atoms with Gasteiger partial charge in [-0.2, -0.15) is 0 Å². The third kappa shape index (κ3) is 4.81. The van der Waals surface area contributed by atoms with Crippen molar-refractivity contribution >= 4 is 27.7 Å². The molecule has 0 bridgehead atoms. The topological polar surface area (TPSA) is 49.4 Å². The van der Waals surface area contributed by atoms with E-state index < -0.39 is 17.6 Å². The zero-order valence-corrected chi connectivity index (χ0v) is 14.2. The minimum absolute atomic E-state index is 0.0279. The average molecular weight is 359 g/mol. The van der Waals surface area contributed by atoms with Crippen molar-refractivity contribution in [2.24, 2.45) is 0 Å². The molecule has 0 radical (unpaired) electrons. The molecular weight excluding hydrogens is 339 g/mol. The smallest absolute Gasteiger partial charge is 0.312 e. The van der Waals surface area contributed by atoms with Crippen LogP contribution in [-0.4, -0.2) is 28.8 Å². The summed E-state index contributed by atoms with van der Waals surface area (Å²) in [5, 5.41) is 2.47. The molecule has 2 amide bonds. The molecule has 0 spiro atoms. The lowest BCUT2D eigenvalue weighted by molar-refractivity contribution is -0.148. The van der Waals surface area contributed by atoms with Crippen LogP contribution in [0.1, 0.15) is 33.3 Å². The van der Waals surface area contributed by atoms with Crippen LogP contribution < -0.4 is 5.32 Å². The highest BCUT2D eigenvalue weighted by Gasteiger charge is 2.26. The third-order valence-corrected chi connectivity index (χ3v) is 3.48. The van der Waals surface area contributed by atoms with E-state index in [1.807, 2.05) is 27.7 Å². The highest BCUT2D eigenvalue weighted by molar-refractivity contribution is 9.10. The van der Waals surface area contributed by atoms with Gasteiger partial charge >= 0.3 is 11.8 Å². The van der Waals surface area contributed by atoms with Gasteiger partial charge in [0.2, 0.25) is 0 Å². The Balaban J connectivity index is 2.73. The molecule has 0 unspecified atom stereocenters. The average Bonchev–Trinajstić information content (AvgIpc) is 2.38. The number of rotatable bonds is 4.